The zero-order valence-corrected chi connectivity index (χ0v) is 11.7. The number of hydrogen-bond acceptors (Lipinski definition) is 2. The molecule has 2 aromatic rings. The van der Waals surface area contributed by atoms with E-state index in [0.29, 0.717) is 11.8 Å². The molecule has 3 heteroatoms. The van der Waals surface area contributed by atoms with E-state index in [9.17, 15) is 0 Å². The van der Waals surface area contributed by atoms with E-state index >= 15 is 0 Å². The molecule has 2 atom stereocenters. The number of rotatable bonds is 2. The molecular formula is C15H16ClNS. The third-order valence-corrected chi connectivity index (χ3v) is 4.67. The Balaban J connectivity index is 1.93. The van der Waals surface area contributed by atoms with Gasteiger partial charge in [0.05, 0.1) is 0 Å². The molecule has 0 amide bonds. The number of benzene rings is 1. The summed E-state index contributed by atoms with van der Waals surface area (Å²) in [4.78, 5) is 0. The molecule has 1 aromatic heterocycles. The minimum Gasteiger partial charge on any atom is -0.316 e. The maximum absolute atomic E-state index is 6.12. The predicted molar refractivity (Wildman–Crippen MR) is 78.7 cm³/mol. The van der Waals surface area contributed by atoms with E-state index in [-0.39, 0.29) is 0 Å². The molecule has 1 saturated heterocycles. The lowest BCUT2D eigenvalue weighted by Gasteiger charge is -2.32. The second-order valence-corrected chi connectivity index (χ2v) is 6.03. The van der Waals surface area contributed by atoms with Crippen molar-refractivity contribution in [2.75, 3.05) is 13.1 Å². The van der Waals surface area contributed by atoms with Gasteiger partial charge in [0.2, 0.25) is 0 Å². The molecule has 0 spiro atoms. The second kappa shape index (κ2) is 5.43. The van der Waals surface area contributed by atoms with Crippen LogP contribution in [0.3, 0.4) is 0 Å². The molecule has 0 saturated carbocycles. The Kier molecular flexibility index (Phi) is 3.69. The van der Waals surface area contributed by atoms with E-state index in [1.54, 1.807) is 11.3 Å². The highest BCUT2D eigenvalue weighted by Gasteiger charge is 2.27. The van der Waals surface area contributed by atoms with Gasteiger partial charge in [0, 0.05) is 17.5 Å². The van der Waals surface area contributed by atoms with Crippen LogP contribution in [0.4, 0.5) is 0 Å². The Morgan fingerprint density at radius 1 is 1.17 bits per heavy atom. The molecule has 1 fully saturated rings. The fourth-order valence-corrected chi connectivity index (χ4v) is 3.75. The van der Waals surface area contributed by atoms with E-state index in [0.717, 1.165) is 18.1 Å². The first-order valence-corrected chi connectivity index (χ1v) is 7.65. The van der Waals surface area contributed by atoms with Crippen LogP contribution < -0.4 is 5.32 Å². The van der Waals surface area contributed by atoms with Crippen molar-refractivity contribution >= 4 is 22.9 Å². The minimum absolute atomic E-state index is 0.534. The van der Waals surface area contributed by atoms with Gasteiger partial charge in [-0.05, 0) is 59.0 Å². The molecule has 0 radical (unpaired) electrons. The van der Waals surface area contributed by atoms with Gasteiger partial charge in [-0.1, -0.05) is 23.7 Å². The summed E-state index contributed by atoms with van der Waals surface area (Å²) in [5.41, 5.74) is 2.83. The number of nitrogens with one attached hydrogen (secondary N) is 1. The fourth-order valence-electron chi connectivity index (χ4n) is 2.83. The van der Waals surface area contributed by atoms with Crippen LogP contribution in [-0.4, -0.2) is 13.1 Å². The standard InChI is InChI=1S/C15H16ClNS/c16-13-3-1-2-11(8-13)15-9-17-6-4-14(15)12-5-7-18-10-12/h1-3,5,7-8,10,14-15,17H,4,6,9H2. The van der Waals surface area contributed by atoms with Gasteiger partial charge in [0.1, 0.15) is 0 Å². The Bertz CT molecular complexity index is 509. The zero-order valence-electron chi connectivity index (χ0n) is 10.1. The molecule has 1 aromatic carbocycles. The van der Waals surface area contributed by atoms with E-state index in [4.69, 9.17) is 11.6 Å². The first kappa shape index (κ1) is 12.2. The highest BCUT2D eigenvalue weighted by Crippen LogP contribution is 2.38. The van der Waals surface area contributed by atoms with Gasteiger partial charge in [-0.25, -0.2) is 0 Å². The zero-order chi connectivity index (χ0) is 12.4. The molecule has 2 unspecified atom stereocenters. The van der Waals surface area contributed by atoms with Crippen LogP contribution in [0.2, 0.25) is 5.02 Å². The lowest BCUT2D eigenvalue weighted by atomic mass is 9.78. The quantitative estimate of drug-likeness (QED) is 0.865. The van der Waals surface area contributed by atoms with E-state index in [1.165, 1.54) is 17.5 Å². The number of hydrogen-bond donors (Lipinski definition) is 1. The van der Waals surface area contributed by atoms with E-state index < -0.39 is 0 Å². The summed E-state index contributed by atoms with van der Waals surface area (Å²) in [6.07, 6.45) is 1.20. The Labute approximate surface area is 117 Å². The van der Waals surface area contributed by atoms with Gasteiger partial charge < -0.3 is 5.32 Å². The smallest absolute Gasteiger partial charge is 0.0408 e. The minimum atomic E-state index is 0.534. The highest BCUT2D eigenvalue weighted by atomic mass is 35.5. The number of thiophene rings is 1. The Hall–Kier alpha value is -0.830. The highest BCUT2D eigenvalue weighted by molar-refractivity contribution is 7.08. The van der Waals surface area contributed by atoms with Crippen molar-refractivity contribution in [1.82, 2.24) is 5.32 Å². The number of piperidine rings is 1. The molecule has 1 aliphatic rings. The van der Waals surface area contributed by atoms with E-state index in [1.807, 2.05) is 6.07 Å². The van der Waals surface area contributed by atoms with Crippen LogP contribution in [0.15, 0.2) is 41.1 Å². The molecule has 1 aliphatic heterocycles. The summed E-state index contributed by atoms with van der Waals surface area (Å²) in [5.74, 6) is 1.16. The van der Waals surface area contributed by atoms with Crippen molar-refractivity contribution in [3.63, 3.8) is 0 Å². The molecule has 3 rings (SSSR count). The van der Waals surface area contributed by atoms with Crippen molar-refractivity contribution in [3.05, 3.63) is 57.2 Å². The summed E-state index contributed by atoms with van der Waals surface area (Å²) in [6.45, 7) is 2.15. The molecule has 94 valence electrons. The molecule has 0 bridgehead atoms. The van der Waals surface area contributed by atoms with Crippen molar-refractivity contribution in [3.8, 4) is 0 Å². The summed E-state index contributed by atoms with van der Waals surface area (Å²) < 4.78 is 0. The van der Waals surface area contributed by atoms with Crippen molar-refractivity contribution in [2.24, 2.45) is 0 Å². The second-order valence-electron chi connectivity index (χ2n) is 4.82. The van der Waals surface area contributed by atoms with Crippen LogP contribution >= 0.6 is 22.9 Å². The average Bonchev–Trinajstić information content (AvgIpc) is 2.92. The van der Waals surface area contributed by atoms with Crippen LogP contribution in [0, 0.1) is 0 Å². The first-order chi connectivity index (χ1) is 8.84. The van der Waals surface area contributed by atoms with Gasteiger partial charge >= 0.3 is 0 Å². The summed E-state index contributed by atoms with van der Waals surface area (Å²) in [7, 11) is 0. The van der Waals surface area contributed by atoms with Gasteiger partial charge in [0.15, 0.2) is 0 Å². The van der Waals surface area contributed by atoms with Gasteiger partial charge in [-0.15, -0.1) is 0 Å². The lowest BCUT2D eigenvalue weighted by Crippen LogP contribution is -2.33. The fraction of sp³-hybridized carbons (Fsp3) is 0.333. The molecule has 1 nitrogen and oxygen atoms in total. The van der Waals surface area contributed by atoms with Gasteiger partial charge in [0.25, 0.3) is 0 Å². The maximum atomic E-state index is 6.12. The summed E-state index contributed by atoms with van der Waals surface area (Å²) in [6, 6.07) is 10.6. The van der Waals surface area contributed by atoms with Crippen molar-refractivity contribution in [2.45, 2.75) is 18.3 Å². The molecule has 2 heterocycles. The normalized spacial score (nSPS) is 24.1. The van der Waals surface area contributed by atoms with Gasteiger partial charge in [-0.3, -0.25) is 0 Å². The first-order valence-electron chi connectivity index (χ1n) is 6.33. The third kappa shape index (κ3) is 2.46. The van der Waals surface area contributed by atoms with E-state index in [2.05, 4.69) is 40.3 Å². The van der Waals surface area contributed by atoms with Crippen molar-refractivity contribution < 1.29 is 0 Å². The topological polar surface area (TPSA) is 12.0 Å². The van der Waals surface area contributed by atoms with Gasteiger partial charge in [-0.2, -0.15) is 11.3 Å². The third-order valence-electron chi connectivity index (χ3n) is 3.73. The number of halogens is 1. The molecule has 0 aliphatic carbocycles. The molecule has 1 N–H and O–H groups in total. The maximum Gasteiger partial charge on any atom is 0.0408 e. The Morgan fingerprint density at radius 3 is 2.89 bits per heavy atom. The Morgan fingerprint density at radius 2 is 2.11 bits per heavy atom. The summed E-state index contributed by atoms with van der Waals surface area (Å²) >= 11 is 7.91. The van der Waals surface area contributed by atoms with Crippen LogP contribution in [0.25, 0.3) is 0 Å². The molecular weight excluding hydrogens is 262 g/mol. The van der Waals surface area contributed by atoms with Crippen LogP contribution in [-0.2, 0) is 0 Å². The lowest BCUT2D eigenvalue weighted by molar-refractivity contribution is 0.405. The van der Waals surface area contributed by atoms with Crippen LogP contribution in [0.1, 0.15) is 29.4 Å². The largest absolute Gasteiger partial charge is 0.316 e. The summed E-state index contributed by atoms with van der Waals surface area (Å²) in [5, 5.41) is 8.80. The monoisotopic (exact) mass is 277 g/mol. The molecule has 18 heavy (non-hydrogen) atoms. The van der Waals surface area contributed by atoms with Crippen LogP contribution in [0.5, 0.6) is 0 Å². The SMILES string of the molecule is Clc1cccc(C2CNCCC2c2ccsc2)c1. The predicted octanol–water partition coefficient (Wildman–Crippen LogP) is 4.26. The van der Waals surface area contributed by atoms with Crippen molar-refractivity contribution in [1.29, 1.82) is 0 Å². The average molecular weight is 278 g/mol.